The highest BCUT2D eigenvalue weighted by molar-refractivity contribution is 7.46. The van der Waals surface area contributed by atoms with Gasteiger partial charge in [0.15, 0.2) is 12.1 Å². The number of aliphatic imine (C=N–C) groups is 1. The van der Waals surface area contributed by atoms with Crippen molar-refractivity contribution in [1.29, 1.82) is 0 Å². The predicted molar refractivity (Wildman–Crippen MR) is 89.6 cm³/mol. The molecule has 2 aliphatic heterocycles. The summed E-state index contributed by atoms with van der Waals surface area (Å²) in [7, 11) is 0.655. The molecule has 3 rings (SSSR count). The van der Waals surface area contributed by atoms with Crippen LogP contribution in [0.15, 0.2) is 11.3 Å². The third kappa shape index (κ3) is 3.37. The Balaban J connectivity index is 1.88. The lowest BCUT2D eigenvalue weighted by Gasteiger charge is -2.35. The standard InChI is InChI=1S/C13H22N5O7P/c1-14-11-8-12(17(3)6-16(11)2)18(5-15-8)13-10(20)9(19)7(25-13)4-24-26(21,22)23/h5,7,9-10,13,19-20H,4,6H2,1-3H3,(H2,21,22,23)/t7-,9-,10-,13-/m1/s1. The second-order valence-corrected chi connectivity index (χ2v) is 7.48. The van der Waals surface area contributed by atoms with Crippen molar-refractivity contribution in [2.24, 2.45) is 4.99 Å². The zero-order valence-corrected chi connectivity index (χ0v) is 15.4. The minimum absolute atomic E-state index is 0.529. The maximum atomic E-state index is 10.9. The van der Waals surface area contributed by atoms with E-state index in [4.69, 9.17) is 14.5 Å². The van der Waals surface area contributed by atoms with E-state index < -0.39 is 39.0 Å². The highest BCUT2D eigenvalue weighted by Gasteiger charge is 2.46. The van der Waals surface area contributed by atoms with Gasteiger partial charge < -0.3 is 34.5 Å². The minimum atomic E-state index is -4.71. The Morgan fingerprint density at radius 3 is 2.65 bits per heavy atom. The van der Waals surface area contributed by atoms with E-state index in [0.29, 0.717) is 24.0 Å². The predicted octanol–water partition coefficient (Wildman–Crippen LogP) is -1.67. The van der Waals surface area contributed by atoms with Gasteiger partial charge in [-0.15, -0.1) is 0 Å². The highest BCUT2D eigenvalue weighted by atomic mass is 31.2. The fourth-order valence-corrected chi connectivity index (χ4v) is 3.59. The first-order chi connectivity index (χ1) is 12.1. The molecule has 146 valence electrons. The number of hydrogen-bond acceptors (Lipinski definition) is 8. The molecule has 1 aromatic heterocycles. The van der Waals surface area contributed by atoms with Gasteiger partial charge in [0, 0.05) is 21.1 Å². The van der Waals surface area contributed by atoms with Crippen LogP contribution in [0.25, 0.3) is 0 Å². The summed E-state index contributed by atoms with van der Waals surface area (Å²) < 4.78 is 22.4. The van der Waals surface area contributed by atoms with Crippen LogP contribution in [-0.2, 0) is 13.8 Å². The van der Waals surface area contributed by atoms with Crippen molar-refractivity contribution in [3.63, 3.8) is 0 Å². The Hall–Kier alpha value is -1.53. The van der Waals surface area contributed by atoms with Gasteiger partial charge in [0.05, 0.1) is 19.6 Å². The van der Waals surface area contributed by atoms with E-state index in [9.17, 15) is 14.8 Å². The lowest BCUT2D eigenvalue weighted by atomic mass is 10.1. The van der Waals surface area contributed by atoms with Gasteiger partial charge in [-0.25, -0.2) is 9.55 Å². The molecule has 2 aliphatic rings. The molecule has 1 aromatic rings. The number of ether oxygens (including phenoxy) is 1. The third-order valence-corrected chi connectivity index (χ3v) is 4.84. The molecular formula is C13H22N5O7P. The summed E-state index contributed by atoms with van der Waals surface area (Å²) in [5.41, 5.74) is 0.601. The first-order valence-electron chi connectivity index (χ1n) is 7.82. The fraction of sp³-hybridized carbons (Fsp3) is 0.692. The monoisotopic (exact) mass is 391 g/mol. The topological polar surface area (TPSA) is 153 Å². The summed E-state index contributed by atoms with van der Waals surface area (Å²) in [4.78, 5) is 30.0. The molecule has 0 bridgehead atoms. The molecule has 0 aliphatic carbocycles. The Morgan fingerprint density at radius 2 is 2.04 bits per heavy atom. The van der Waals surface area contributed by atoms with Gasteiger partial charge in [-0.2, -0.15) is 0 Å². The second kappa shape index (κ2) is 6.89. The number of aromatic nitrogens is 2. The second-order valence-electron chi connectivity index (χ2n) is 6.24. The maximum absolute atomic E-state index is 10.9. The molecule has 12 nitrogen and oxygen atoms in total. The molecule has 3 heterocycles. The molecule has 0 saturated carbocycles. The van der Waals surface area contributed by atoms with Crippen LogP contribution in [0, 0.1) is 0 Å². The quantitative estimate of drug-likeness (QED) is 0.438. The molecule has 0 amide bonds. The number of hydrogen-bond donors (Lipinski definition) is 4. The van der Waals surface area contributed by atoms with Crippen LogP contribution in [0.3, 0.4) is 0 Å². The van der Waals surface area contributed by atoms with E-state index in [1.54, 1.807) is 11.6 Å². The van der Waals surface area contributed by atoms with Gasteiger partial charge in [0.2, 0.25) is 0 Å². The van der Waals surface area contributed by atoms with Crippen LogP contribution in [-0.4, -0.2) is 93.0 Å². The molecule has 13 heteroatoms. The van der Waals surface area contributed by atoms with Crippen molar-refractivity contribution in [3.05, 3.63) is 12.0 Å². The number of fused-ring (bicyclic) bond motifs is 1. The summed E-state index contributed by atoms with van der Waals surface area (Å²) >= 11 is 0. The summed E-state index contributed by atoms with van der Waals surface area (Å²) in [5.74, 6) is 1.32. The van der Waals surface area contributed by atoms with Crippen LogP contribution in [0.4, 0.5) is 5.82 Å². The van der Waals surface area contributed by atoms with E-state index in [1.807, 2.05) is 23.9 Å². The average molecular weight is 391 g/mol. The Bertz CT molecular complexity index is 749. The van der Waals surface area contributed by atoms with Crippen molar-refractivity contribution < 1.29 is 33.8 Å². The number of rotatable bonds is 4. The summed E-state index contributed by atoms with van der Waals surface area (Å²) in [5, 5.41) is 20.5. The molecule has 0 radical (unpaired) electrons. The molecular weight excluding hydrogens is 369 g/mol. The normalized spacial score (nSPS) is 31.0. The zero-order valence-electron chi connectivity index (χ0n) is 14.5. The number of phosphoric ester groups is 1. The number of imidazole rings is 1. The summed E-state index contributed by atoms with van der Waals surface area (Å²) in [6, 6.07) is 0. The molecule has 1 fully saturated rings. The Labute approximate surface area is 149 Å². The van der Waals surface area contributed by atoms with Crippen LogP contribution in [0.2, 0.25) is 0 Å². The summed E-state index contributed by atoms with van der Waals surface area (Å²) in [6.07, 6.45) is -3.32. The fourth-order valence-electron chi connectivity index (χ4n) is 3.25. The molecule has 0 spiro atoms. The van der Waals surface area contributed by atoms with Crippen LogP contribution in [0.1, 0.15) is 11.9 Å². The number of aliphatic hydroxyl groups excluding tert-OH is 2. The number of nitrogens with zero attached hydrogens (tertiary/aromatic N) is 5. The first kappa shape index (κ1) is 19.2. The first-order valence-corrected chi connectivity index (χ1v) is 9.35. The van der Waals surface area contributed by atoms with Crippen molar-refractivity contribution in [2.45, 2.75) is 24.5 Å². The van der Waals surface area contributed by atoms with Gasteiger partial charge in [-0.1, -0.05) is 0 Å². The Morgan fingerprint density at radius 1 is 1.35 bits per heavy atom. The molecule has 1 saturated heterocycles. The smallest absolute Gasteiger partial charge is 0.387 e. The van der Waals surface area contributed by atoms with E-state index in [-0.39, 0.29) is 0 Å². The van der Waals surface area contributed by atoms with Gasteiger partial charge >= 0.3 is 7.82 Å². The van der Waals surface area contributed by atoms with Crippen LogP contribution in [0.5, 0.6) is 0 Å². The minimum Gasteiger partial charge on any atom is -0.387 e. The molecule has 26 heavy (non-hydrogen) atoms. The summed E-state index contributed by atoms with van der Waals surface area (Å²) in [6.45, 7) is -0.0301. The van der Waals surface area contributed by atoms with E-state index >= 15 is 0 Å². The largest absolute Gasteiger partial charge is 0.469 e. The van der Waals surface area contributed by atoms with Crippen LogP contribution >= 0.6 is 7.82 Å². The van der Waals surface area contributed by atoms with Crippen molar-refractivity contribution in [2.75, 3.05) is 39.3 Å². The van der Waals surface area contributed by atoms with Crippen LogP contribution < -0.4 is 4.90 Å². The van der Waals surface area contributed by atoms with Gasteiger partial charge in [0.1, 0.15) is 29.8 Å². The maximum Gasteiger partial charge on any atom is 0.469 e. The SMILES string of the molecule is CN=C1c2ncn([C@@H]3O[C@H](COP(=O)(O)O)[C@@H](O)[C@H]3O)c2N(C)CN1C. The van der Waals surface area contributed by atoms with Gasteiger partial charge in [0.25, 0.3) is 0 Å². The Kier molecular flexibility index (Phi) is 5.10. The van der Waals surface area contributed by atoms with E-state index in [2.05, 4.69) is 14.5 Å². The molecule has 0 aromatic carbocycles. The zero-order chi connectivity index (χ0) is 19.2. The lowest BCUT2D eigenvalue weighted by Crippen LogP contribution is -2.44. The average Bonchev–Trinajstić information content (AvgIpc) is 3.09. The van der Waals surface area contributed by atoms with Crippen molar-refractivity contribution >= 4 is 19.5 Å². The van der Waals surface area contributed by atoms with E-state index in [1.165, 1.54) is 6.33 Å². The van der Waals surface area contributed by atoms with Crippen molar-refractivity contribution in [1.82, 2.24) is 14.5 Å². The van der Waals surface area contributed by atoms with Gasteiger partial charge in [-0.05, 0) is 0 Å². The number of aliphatic hydroxyl groups is 2. The number of phosphoric acid groups is 1. The number of anilines is 1. The molecule has 4 N–H and O–H groups in total. The number of amidine groups is 1. The van der Waals surface area contributed by atoms with Gasteiger partial charge in [-0.3, -0.25) is 14.1 Å². The van der Waals surface area contributed by atoms with E-state index in [0.717, 1.165) is 0 Å². The molecule has 0 unspecified atom stereocenters. The molecule has 4 atom stereocenters. The third-order valence-electron chi connectivity index (χ3n) is 4.36. The van der Waals surface area contributed by atoms with Crippen molar-refractivity contribution in [3.8, 4) is 0 Å². The lowest BCUT2D eigenvalue weighted by molar-refractivity contribution is -0.0514. The highest BCUT2D eigenvalue weighted by Crippen LogP contribution is 2.39.